The van der Waals surface area contributed by atoms with Crippen LogP contribution in [0.25, 0.3) is 11.0 Å². The first kappa shape index (κ1) is 15.4. The zero-order valence-corrected chi connectivity index (χ0v) is 14.1. The van der Waals surface area contributed by atoms with Crippen molar-refractivity contribution in [3.63, 3.8) is 0 Å². The summed E-state index contributed by atoms with van der Waals surface area (Å²) in [4.78, 5) is 0. The Morgan fingerprint density at radius 1 is 0.840 bits per heavy atom. The minimum Gasteiger partial charge on any atom is -0.486 e. The van der Waals surface area contributed by atoms with Gasteiger partial charge in [0.15, 0.2) is 5.52 Å². The van der Waals surface area contributed by atoms with Gasteiger partial charge in [-0.05, 0) is 29.7 Å². The molecule has 0 aliphatic rings. The van der Waals surface area contributed by atoms with Crippen LogP contribution >= 0.6 is 0 Å². The Balaban J connectivity index is 1.64. The summed E-state index contributed by atoms with van der Waals surface area (Å²) in [5.74, 6) is 0.767. The topological polar surface area (TPSA) is 39.9 Å². The number of fused-ring (bicyclic) bond motifs is 1. The number of hydrogen-bond donors (Lipinski definition) is 0. The van der Waals surface area contributed by atoms with E-state index in [-0.39, 0.29) is 0 Å². The Labute approximate surface area is 146 Å². The molecule has 4 rings (SSSR count). The SMILES string of the molecule is Cc1ccc(OCc2ccccc2)c2nnn(Cc3ccccc3)c12. The van der Waals surface area contributed by atoms with Crippen LogP contribution in [0.3, 0.4) is 0 Å². The number of hydrogen-bond acceptors (Lipinski definition) is 3. The van der Waals surface area contributed by atoms with Crippen LogP contribution in [0.1, 0.15) is 16.7 Å². The molecule has 25 heavy (non-hydrogen) atoms. The molecule has 0 N–H and O–H groups in total. The molecule has 0 bridgehead atoms. The van der Waals surface area contributed by atoms with Crippen LogP contribution in [0.2, 0.25) is 0 Å². The van der Waals surface area contributed by atoms with Gasteiger partial charge >= 0.3 is 0 Å². The lowest BCUT2D eigenvalue weighted by molar-refractivity contribution is 0.309. The van der Waals surface area contributed by atoms with E-state index >= 15 is 0 Å². The fourth-order valence-electron chi connectivity index (χ4n) is 2.95. The molecule has 0 fully saturated rings. The molecule has 4 nitrogen and oxygen atoms in total. The van der Waals surface area contributed by atoms with Crippen molar-refractivity contribution in [3.8, 4) is 5.75 Å². The van der Waals surface area contributed by atoms with Crippen LogP contribution in [-0.2, 0) is 13.2 Å². The molecule has 4 heteroatoms. The van der Waals surface area contributed by atoms with E-state index < -0.39 is 0 Å². The van der Waals surface area contributed by atoms with Gasteiger partial charge in [0.1, 0.15) is 12.4 Å². The van der Waals surface area contributed by atoms with Crippen LogP contribution in [0.4, 0.5) is 0 Å². The molecule has 4 aromatic rings. The lowest BCUT2D eigenvalue weighted by atomic mass is 10.1. The summed E-state index contributed by atoms with van der Waals surface area (Å²) >= 11 is 0. The average Bonchev–Trinajstić information content (AvgIpc) is 3.08. The third kappa shape index (κ3) is 3.24. The number of benzene rings is 3. The predicted octanol–water partition coefficient (Wildman–Crippen LogP) is 4.37. The Hall–Kier alpha value is -3.14. The van der Waals surface area contributed by atoms with Crippen molar-refractivity contribution in [1.82, 2.24) is 15.0 Å². The summed E-state index contributed by atoms with van der Waals surface area (Å²) in [7, 11) is 0. The van der Waals surface area contributed by atoms with Crippen molar-refractivity contribution in [1.29, 1.82) is 0 Å². The zero-order valence-electron chi connectivity index (χ0n) is 14.1. The summed E-state index contributed by atoms with van der Waals surface area (Å²) < 4.78 is 7.95. The molecular weight excluding hydrogens is 310 g/mol. The third-order valence-corrected chi connectivity index (χ3v) is 4.24. The molecule has 0 amide bonds. The van der Waals surface area contributed by atoms with Gasteiger partial charge in [-0.2, -0.15) is 0 Å². The summed E-state index contributed by atoms with van der Waals surface area (Å²) in [6.07, 6.45) is 0. The van der Waals surface area contributed by atoms with Crippen molar-refractivity contribution >= 4 is 11.0 Å². The first-order valence-corrected chi connectivity index (χ1v) is 8.35. The van der Waals surface area contributed by atoms with Crippen LogP contribution in [0.5, 0.6) is 5.75 Å². The largest absolute Gasteiger partial charge is 0.486 e. The van der Waals surface area contributed by atoms with Crippen molar-refractivity contribution < 1.29 is 4.74 Å². The van der Waals surface area contributed by atoms with Crippen molar-refractivity contribution in [2.75, 3.05) is 0 Å². The van der Waals surface area contributed by atoms with E-state index in [0.717, 1.165) is 27.9 Å². The Bertz CT molecular complexity index is 978. The Morgan fingerprint density at radius 3 is 2.24 bits per heavy atom. The lowest BCUT2D eigenvalue weighted by Crippen LogP contribution is -2.02. The molecule has 0 unspecified atom stereocenters. The van der Waals surface area contributed by atoms with Crippen molar-refractivity contribution in [2.45, 2.75) is 20.1 Å². The first-order chi connectivity index (χ1) is 12.3. The molecule has 0 aliphatic heterocycles. The van der Waals surface area contributed by atoms with Crippen LogP contribution in [0, 0.1) is 6.92 Å². The lowest BCUT2D eigenvalue weighted by Gasteiger charge is -2.09. The van der Waals surface area contributed by atoms with Gasteiger partial charge in [-0.15, -0.1) is 5.10 Å². The molecule has 0 atom stereocenters. The quantitative estimate of drug-likeness (QED) is 0.546. The monoisotopic (exact) mass is 329 g/mol. The van der Waals surface area contributed by atoms with E-state index in [1.165, 1.54) is 5.56 Å². The molecule has 0 saturated heterocycles. The normalized spacial score (nSPS) is 10.9. The van der Waals surface area contributed by atoms with E-state index in [1.54, 1.807) is 0 Å². The molecular formula is C21H19N3O. The molecule has 0 aliphatic carbocycles. The number of rotatable bonds is 5. The second-order valence-electron chi connectivity index (χ2n) is 6.08. The average molecular weight is 329 g/mol. The summed E-state index contributed by atoms with van der Waals surface area (Å²) in [6, 6.07) is 24.5. The summed E-state index contributed by atoms with van der Waals surface area (Å²) in [6.45, 7) is 3.29. The fraction of sp³-hybridized carbons (Fsp3) is 0.143. The molecule has 124 valence electrons. The van der Waals surface area contributed by atoms with E-state index in [2.05, 4.69) is 47.6 Å². The highest BCUT2D eigenvalue weighted by Crippen LogP contribution is 2.27. The minimum atomic E-state index is 0.518. The Kier molecular flexibility index (Phi) is 4.17. The highest BCUT2D eigenvalue weighted by Gasteiger charge is 2.13. The van der Waals surface area contributed by atoms with E-state index in [0.29, 0.717) is 13.2 Å². The maximum Gasteiger partial charge on any atom is 0.155 e. The zero-order chi connectivity index (χ0) is 17.1. The van der Waals surface area contributed by atoms with E-state index in [9.17, 15) is 0 Å². The van der Waals surface area contributed by atoms with Crippen molar-refractivity contribution in [2.24, 2.45) is 0 Å². The summed E-state index contributed by atoms with van der Waals surface area (Å²) in [5, 5.41) is 8.73. The van der Waals surface area contributed by atoms with Crippen LogP contribution in [-0.4, -0.2) is 15.0 Å². The first-order valence-electron chi connectivity index (χ1n) is 8.35. The molecule has 1 aromatic heterocycles. The maximum atomic E-state index is 6.01. The van der Waals surface area contributed by atoms with Gasteiger partial charge in [-0.25, -0.2) is 4.68 Å². The second-order valence-corrected chi connectivity index (χ2v) is 6.08. The molecule has 0 radical (unpaired) electrons. The number of ether oxygens (including phenoxy) is 1. The van der Waals surface area contributed by atoms with E-state index in [1.807, 2.05) is 47.1 Å². The van der Waals surface area contributed by atoms with Crippen LogP contribution < -0.4 is 4.74 Å². The van der Waals surface area contributed by atoms with Gasteiger partial charge in [0.25, 0.3) is 0 Å². The van der Waals surface area contributed by atoms with Gasteiger partial charge in [0.2, 0.25) is 0 Å². The number of nitrogens with zero attached hydrogens (tertiary/aromatic N) is 3. The number of aryl methyl sites for hydroxylation is 1. The van der Waals surface area contributed by atoms with Gasteiger partial charge in [0, 0.05) is 0 Å². The molecule has 0 saturated carbocycles. The van der Waals surface area contributed by atoms with Gasteiger partial charge < -0.3 is 4.74 Å². The molecule has 0 spiro atoms. The molecule has 3 aromatic carbocycles. The van der Waals surface area contributed by atoms with Gasteiger partial charge in [-0.1, -0.05) is 71.9 Å². The maximum absolute atomic E-state index is 6.01. The van der Waals surface area contributed by atoms with Gasteiger partial charge in [-0.3, -0.25) is 0 Å². The third-order valence-electron chi connectivity index (χ3n) is 4.24. The highest BCUT2D eigenvalue weighted by atomic mass is 16.5. The number of aromatic nitrogens is 3. The smallest absolute Gasteiger partial charge is 0.155 e. The van der Waals surface area contributed by atoms with Crippen molar-refractivity contribution in [3.05, 3.63) is 89.5 Å². The second kappa shape index (κ2) is 6.77. The highest BCUT2D eigenvalue weighted by molar-refractivity contribution is 5.84. The standard InChI is InChI=1S/C21H19N3O/c1-16-12-13-19(25-15-18-10-6-3-7-11-18)20-21(16)24(23-22-20)14-17-8-4-2-5-9-17/h2-13H,14-15H2,1H3. The van der Waals surface area contributed by atoms with Gasteiger partial charge in [0.05, 0.1) is 12.1 Å². The van der Waals surface area contributed by atoms with E-state index in [4.69, 9.17) is 4.74 Å². The summed E-state index contributed by atoms with van der Waals surface area (Å²) in [5.41, 5.74) is 5.31. The Morgan fingerprint density at radius 2 is 1.52 bits per heavy atom. The fourth-order valence-corrected chi connectivity index (χ4v) is 2.95. The predicted molar refractivity (Wildman–Crippen MR) is 98.6 cm³/mol. The minimum absolute atomic E-state index is 0.518. The molecule has 1 heterocycles. The van der Waals surface area contributed by atoms with Crippen LogP contribution in [0.15, 0.2) is 72.8 Å².